The molecular weight excluding hydrogens is 317 g/mol. The number of ether oxygens (including phenoxy) is 1. The van der Waals surface area contributed by atoms with Crippen LogP contribution in [0.3, 0.4) is 0 Å². The third kappa shape index (κ3) is 4.11. The monoisotopic (exact) mass is 332 g/mol. The number of hydrogen-bond donors (Lipinski definition) is 1. The molecule has 9 heteroatoms. The molecule has 1 fully saturated rings. The van der Waals surface area contributed by atoms with E-state index in [-0.39, 0.29) is 11.4 Å². The van der Waals surface area contributed by atoms with Gasteiger partial charge in [0.2, 0.25) is 5.88 Å². The van der Waals surface area contributed by atoms with E-state index >= 15 is 0 Å². The highest BCUT2D eigenvalue weighted by atomic mass is 19.4. The normalized spacial score (nSPS) is 21.3. The van der Waals surface area contributed by atoms with E-state index in [1.807, 2.05) is 0 Å². The Balaban J connectivity index is 2.02. The van der Waals surface area contributed by atoms with Crippen molar-refractivity contribution in [1.29, 1.82) is 0 Å². The maximum Gasteiger partial charge on any atom is 0.422 e. The average molecular weight is 332 g/mol. The molecule has 1 aromatic rings. The Bertz CT molecular complexity index is 589. The molecule has 0 aromatic carbocycles. The minimum atomic E-state index is -4.47. The topological polar surface area (TPSA) is 79.7 Å². The summed E-state index contributed by atoms with van der Waals surface area (Å²) in [5.74, 6) is -2.23. The summed E-state index contributed by atoms with van der Waals surface area (Å²) in [6.45, 7) is 0.498. The predicted octanol–water partition coefficient (Wildman–Crippen LogP) is 1.96. The molecule has 23 heavy (non-hydrogen) atoms. The third-order valence-electron chi connectivity index (χ3n) is 3.70. The van der Waals surface area contributed by atoms with Crippen molar-refractivity contribution in [2.75, 3.05) is 13.2 Å². The highest BCUT2D eigenvalue weighted by Crippen LogP contribution is 2.26. The van der Waals surface area contributed by atoms with Crippen molar-refractivity contribution in [3.63, 3.8) is 0 Å². The Morgan fingerprint density at radius 3 is 2.61 bits per heavy atom. The van der Waals surface area contributed by atoms with E-state index in [1.165, 1.54) is 17.0 Å². The van der Waals surface area contributed by atoms with Crippen molar-refractivity contribution in [3.8, 4) is 5.88 Å². The summed E-state index contributed by atoms with van der Waals surface area (Å²) in [4.78, 5) is 28.5. The van der Waals surface area contributed by atoms with Crippen LogP contribution in [0.1, 0.15) is 23.7 Å². The first-order chi connectivity index (χ1) is 10.7. The Labute approximate surface area is 129 Å². The van der Waals surface area contributed by atoms with Crippen LogP contribution in [0, 0.1) is 5.92 Å². The second-order valence-electron chi connectivity index (χ2n) is 5.26. The molecule has 6 nitrogen and oxygen atoms in total. The molecule has 2 unspecified atom stereocenters. The fourth-order valence-electron chi connectivity index (χ4n) is 2.47. The van der Waals surface area contributed by atoms with E-state index < -0.39 is 36.6 Å². The molecule has 0 spiro atoms. The fraction of sp³-hybridized carbons (Fsp3) is 0.500. The lowest BCUT2D eigenvalue weighted by molar-refractivity contribution is -0.154. The maximum absolute atomic E-state index is 12.3. The molecular formula is C14H15F3N2O4. The molecule has 0 bridgehead atoms. The SMILES string of the molecule is CC1C(C(=O)O)CCN1C(=O)c1ccc(OCC(F)(F)F)nc1. The summed E-state index contributed by atoms with van der Waals surface area (Å²) in [5.41, 5.74) is 0.169. The van der Waals surface area contributed by atoms with Crippen molar-refractivity contribution in [2.45, 2.75) is 25.6 Å². The van der Waals surface area contributed by atoms with Gasteiger partial charge < -0.3 is 14.7 Å². The number of amides is 1. The number of nitrogens with zero attached hydrogens (tertiary/aromatic N) is 2. The number of pyridine rings is 1. The van der Waals surface area contributed by atoms with E-state index in [2.05, 4.69) is 9.72 Å². The molecule has 1 amide bonds. The molecule has 2 atom stereocenters. The second-order valence-corrected chi connectivity index (χ2v) is 5.26. The van der Waals surface area contributed by atoms with Crippen molar-refractivity contribution >= 4 is 11.9 Å². The minimum Gasteiger partial charge on any atom is -0.481 e. The molecule has 2 heterocycles. The number of hydrogen-bond acceptors (Lipinski definition) is 4. The molecule has 1 aromatic heterocycles. The van der Waals surface area contributed by atoms with Gasteiger partial charge >= 0.3 is 12.1 Å². The van der Waals surface area contributed by atoms with Crippen LogP contribution < -0.4 is 4.74 Å². The molecule has 0 radical (unpaired) electrons. The van der Waals surface area contributed by atoms with Gasteiger partial charge in [-0.05, 0) is 19.4 Å². The summed E-state index contributed by atoms with van der Waals surface area (Å²) in [6, 6.07) is 2.03. The molecule has 0 aliphatic carbocycles. The van der Waals surface area contributed by atoms with E-state index in [9.17, 15) is 22.8 Å². The van der Waals surface area contributed by atoms with Crippen LogP contribution >= 0.6 is 0 Å². The zero-order chi connectivity index (χ0) is 17.2. The number of halogens is 3. The minimum absolute atomic E-state index is 0.169. The lowest BCUT2D eigenvalue weighted by Crippen LogP contribution is -2.37. The standard InChI is InChI=1S/C14H15F3N2O4/c1-8-10(13(21)22)4-5-19(8)12(20)9-2-3-11(18-6-9)23-7-14(15,16)17/h2-3,6,8,10H,4-5,7H2,1H3,(H,21,22). The molecule has 0 saturated carbocycles. The summed E-state index contributed by atoms with van der Waals surface area (Å²) in [5, 5.41) is 9.06. The van der Waals surface area contributed by atoms with Gasteiger partial charge in [-0.15, -0.1) is 0 Å². The van der Waals surface area contributed by atoms with E-state index in [4.69, 9.17) is 5.11 Å². The zero-order valence-electron chi connectivity index (χ0n) is 12.2. The summed E-state index contributed by atoms with van der Waals surface area (Å²) in [7, 11) is 0. The Morgan fingerprint density at radius 1 is 1.43 bits per heavy atom. The van der Waals surface area contributed by atoms with Gasteiger partial charge in [0.05, 0.1) is 11.5 Å². The van der Waals surface area contributed by atoms with Gasteiger partial charge in [0.25, 0.3) is 5.91 Å². The lowest BCUT2D eigenvalue weighted by Gasteiger charge is -2.23. The largest absolute Gasteiger partial charge is 0.481 e. The van der Waals surface area contributed by atoms with E-state index in [0.717, 1.165) is 6.20 Å². The van der Waals surface area contributed by atoms with Crippen molar-refractivity contribution in [3.05, 3.63) is 23.9 Å². The van der Waals surface area contributed by atoms with Crippen molar-refractivity contribution < 1.29 is 32.6 Å². The number of aliphatic carboxylic acids is 1. The molecule has 1 aliphatic heterocycles. The Morgan fingerprint density at radius 2 is 2.13 bits per heavy atom. The van der Waals surface area contributed by atoms with Gasteiger partial charge in [-0.2, -0.15) is 13.2 Å². The molecule has 1 aliphatic rings. The number of carbonyl (C=O) groups excluding carboxylic acids is 1. The fourth-order valence-corrected chi connectivity index (χ4v) is 2.47. The number of aromatic nitrogens is 1. The number of carboxylic acids is 1. The van der Waals surface area contributed by atoms with Crippen LogP contribution in [0.15, 0.2) is 18.3 Å². The number of likely N-dealkylation sites (tertiary alicyclic amines) is 1. The van der Waals surface area contributed by atoms with Crippen LogP contribution in [0.5, 0.6) is 5.88 Å². The quantitative estimate of drug-likeness (QED) is 0.912. The zero-order valence-corrected chi connectivity index (χ0v) is 12.2. The van der Waals surface area contributed by atoms with Crippen LogP contribution in [-0.2, 0) is 4.79 Å². The first-order valence-corrected chi connectivity index (χ1v) is 6.88. The van der Waals surface area contributed by atoms with Crippen LogP contribution in [0.25, 0.3) is 0 Å². The van der Waals surface area contributed by atoms with Crippen molar-refractivity contribution in [1.82, 2.24) is 9.88 Å². The van der Waals surface area contributed by atoms with Gasteiger partial charge in [0.1, 0.15) is 0 Å². The highest BCUT2D eigenvalue weighted by Gasteiger charge is 2.38. The lowest BCUT2D eigenvalue weighted by atomic mass is 10.0. The summed E-state index contributed by atoms with van der Waals surface area (Å²) < 4.78 is 40.6. The first kappa shape index (κ1) is 17.0. The smallest absolute Gasteiger partial charge is 0.422 e. The van der Waals surface area contributed by atoms with Gasteiger partial charge in [0, 0.05) is 24.8 Å². The number of rotatable bonds is 4. The van der Waals surface area contributed by atoms with Gasteiger partial charge in [-0.3, -0.25) is 9.59 Å². The highest BCUT2D eigenvalue weighted by molar-refractivity contribution is 5.94. The maximum atomic E-state index is 12.3. The average Bonchev–Trinajstić information content (AvgIpc) is 2.86. The van der Waals surface area contributed by atoms with Gasteiger partial charge in [-0.25, -0.2) is 4.98 Å². The van der Waals surface area contributed by atoms with Crippen LogP contribution in [0.2, 0.25) is 0 Å². The van der Waals surface area contributed by atoms with Crippen molar-refractivity contribution in [2.24, 2.45) is 5.92 Å². The number of carbonyl (C=O) groups is 2. The second kappa shape index (κ2) is 6.43. The van der Waals surface area contributed by atoms with Gasteiger partial charge in [-0.1, -0.05) is 0 Å². The van der Waals surface area contributed by atoms with Crippen LogP contribution in [0.4, 0.5) is 13.2 Å². The molecule has 1 saturated heterocycles. The van der Waals surface area contributed by atoms with E-state index in [0.29, 0.717) is 13.0 Å². The third-order valence-corrected chi connectivity index (χ3v) is 3.70. The summed E-state index contributed by atoms with van der Waals surface area (Å²) >= 11 is 0. The number of alkyl halides is 3. The Kier molecular flexibility index (Phi) is 4.76. The van der Waals surface area contributed by atoms with E-state index in [1.54, 1.807) is 6.92 Å². The van der Waals surface area contributed by atoms with Gasteiger partial charge in [0.15, 0.2) is 6.61 Å². The molecule has 1 N–H and O–H groups in total. The van der Waals surface area contributed by atoms with Crippen LogP contribution in [-0.4, -0.2) is 52.2 Å². The Hall–Kier alpha value is -2.32. The first-order valence-electron chi connectivity index (χ1n) is 6.88. The molecule has 126 valence electrons. The summed E-state index contributed by atoms with van der Waals surface area (Å²) in [6.07, 6.45) is -2.98. The predicted molar refractivity (Wildman–Crippen MR) is 72.0 cm³/mol. The molecule has 2 rings (SSSR count). The number of carboxylic acid groups (broad SMARTS) is 1.